The number of nitrogens with one attached hydrogen (secondary N) is 1. The van der Waals surface area contributed by atoms with Crippen LogP contribution < -0.4 is 10.1 Å². The van der Waals surface area contributed by atoms with Gasteiger partial charge in [-0.25, -0.2) is 0 Å². The Balaban J connectivity index is 2.08. The normalized spacial score (nSPS) is 22.5. The average Bonchev–Trinajstić information content (AvgIpc) is 2.45. The van der Waals surface area contributed by atoms with Crippen LogP contribution in [0.2, 0.25) is 0 Å². The third-order valence-corrected chi connectivity index (χ3v) is 3.54. The second kappa shape index (κ2) is 6.19. The summed E-state index contributed by atoms with van der Waals surface area (Å²) in [5.41, 5.74) is 0.563. The molecule has 20 heavy (non-hydrogen) atoms. The lowest BCUT2D eigenvalue weighted by Gasteiger charge is -2.34. The molecule has 0 amide bonds. The zero-order valence-corrected chi connectivity index (χ0v) is 11.8. The SMILES string of the molecule is COc1cc(COC2(C)CCCNC2)cc([N+](=O)[O-])c1. The molecule has 1 aliphatic rings. The first kappa shape index (κ1) is 14.7. The van der Waals surface area contributed by atoms with E-state index < -0.39 is 4.92 Å². The fraction of sp³-hybridized carbons (Fsp3) is 0.571. The fourth-order valence-corrected chi connectivity index (χ4v) is 2.36. The van der Waals surface area contributed by atoms with Crippen LogP contribution in [0.25, 0.3) is 0 Å². The van der Waals surface area contributed by atoms with Gasteiger partial charge in [-0.1, -0.05) is 0 Å². The maximum Gasteiger partial charge on any atom is 0.273 e. The van der Waals surface area contributed by atoms with E-state index in [1.807, 2.05) is 0 Å². The lowest BCUT2D eigenvalue weighted by atomic mass is 9.96. The van der Waals surface area contributed by atoms with Crippen LogP contribution in [0.1, 0.15) is 25.3 Å². The first-order chi connectivity index (χ1) is 9.52. The van der Waals surface area contributed by atoms with Crippen LogP contribution in [0.3, 0.4) is 0 Å². The molecule has 0 saturated carbocycles. The topological polar surface area (TPSA) is 73.6 Å². The summed E-state index contributed by atoms with van der Waals surface area (Å²) < 4.78 is 11.0. The Bertz CT molecular complexity index is 484. The summed E-state index contributed by atoms with van der Waals surface area (Å²) in [6.07, 6.45) is 2.07. The van der Waals surface area contributed by atoms with Crippen LogP contribution in [-0.2, 0) is 11.3 Å². The second-order valence-corrected chi connectivity index (χ2v) is 5.32. The predicted octanol–water partition coefficient (Wildman–Crippen LogP) is 2.26. The standard InChI is InChI=1S/C14H20N2O4/c1-14(4-3-5-15-10-14)20-9-11-6-12(16(17)18)8-13(7-11)19-2/h6-8,15H,3-5,9-10H2,1-2H3. The van der Waals surface area contributed by atoms with E-state index in [1.165, 1.54) is 19.2 Å². The van der Waals surface area contributed by atoms with Gasteiger partial charge in [-0.15, -0.1) is 0 Å². The molecule has 0 spiro atoms. The Morgan fingerprint density at radius 3 is 2.85 bits per heavy atom. The number of benzene rings is 1. The number of methoxy groups -OCH3 is 1. The zero-order chi connectivity index (χ0) is 14.6. The van der Waals surface area contributed by atoms with Gasteiger partial charge < -0.3 is 14.8 Å². The first-order valence-electron chi connectivity index (χ1n) is 6.69. The zero-order valence-electron chi connectivity index (χ0n) is 11.8. The van der Waals surface area contributed by atoms with E-state index in [9.17, 15) is 10.1 Å². The summed E-state index contributed by atoms with van der Waals surface area (Å²) >= 11 is 0. The van der Waals surface area contributed by atoms with E-state index in [0.717, 1.165) is 31.5 Å². The Morgan fingerprint density at radius 1 is 1.45 bits per heavy atom. The average molecular weight is 280 g/mol. The summed E-state index contributed by atoms with van der Waals surface area (Å²) in [6.45, 7) is 4.23. The largest absolute Gasteiger partial charge is 0.496 e. The molecule has 6 heteroatoms. The minimum absolute atomic E-state index is 0.0230. The highest BCUT2D eigenvalue weighted by molar-refractivity contribution is 5.42. The van der Waals surface area contributed by atoms with Gasteiger partial charge in [0.15, 0.2) is 0 Å². The van der Waals surface area contributed by atoms with Gasteiger partial charge in [-0.05, 0) is 37.9 Å². The van der Waals surface area contributed by atoms with E-state index in [0.29, 0.717) is 12.4 Å². The predicted molar refractivity (Wildman–Crippen MR) is 74.9 cm³/mol. The third kappa shape index (κ3) is 3.68. The van der Waals surface area contributed by atoms with Crippen LogP contribution in [0, 0.1) is 10.1 Å². The summed E-state index contributed by atoms with van der Waals surface area (Å²) in [5, 5.41) is 14.2. The van der Waals surface area contributed by atoms with E-state index in [4.69, 9.17) is 9.47 Å². The molecule has 0 aromatic heterocycles. The highest BCUT2D eigenvalue weighted by Gasteiger charge is 2.27. The van der Waals surface area contributed by atoms with Gasteiger partial charge in [0, 0.05) is 12.6 Å². The maximum atomic E-state index is 10.9. The second-order valence-electron chi connectivity index (χ2n) is 5.32. The minimum atomic E-state index is -0.421. The van der Waals surface area contributed by atoms with Crippen molar-refractivity contribution in [3.05, 3.63) is 33.9 Å². The van der Waals surface area contributed by atoms with E-state index in [2.05, 4.69) is 12.2 Å². The van der Waals surface area contributed by atoms with Crippen LogP contribution in [-0.4, -0.2) is 30.7 Å². The Kier molecular flexibility index (Phi) is 4.57. The number of hydrogen-bond acceptors (Lipinski definition) is 5. The molecule has 1 N–H and O–H groups in total. The van der Waals surface area contributed by atoms with Crippen molar-refractivity contribution in [2.24, 2.45) is 0 Å². The molecule has 1 unspecified atom stereocenters. The van der Waals surface area contributed by atoms with Gasteiger partial charge in [-0.3, -0.25) is 10.1 Å². The lowest BCUT2D eigenvalue weighted by Crippen LogP contribution is -2.45. The van der Waals surface area contributed by atoms with E-state index >= 15 is 0 Å². The van der Waals surface area contributed by atoms with Crippen molar-refractivity contribution in [3.63, 3.8) is 0 Å². The summed E-state index contributed by atoms with van der Waals surface area (Å²) in [4.78, 5) is 10.5. The molecule has 1 aromatic rings. The van der Waals surface area contributed by atoms with Crippen LogP contribution in [0.15, 0.2) is 18.2 Å². The number of rotatable bonds is 5. The van der Waals surface area contributed by atoms with Crippen LogP contribution in [0.5, 0.6) is 5.75 Å². The lowest BCUT2D eigenvalue weighted by molar-refractivity contribution is -0.385. The number of nitro groups is 1. The summed E-state index contributed by atoms with van der Waals surface area (Å²) in [5.74, 6) is 0.477. The molecule has 1 fully saturated rings. The van der Waals surface area contributed by atoms with Gasteiger partial charge >= 0.3 is 0 Å². The Hall–Kier alpha value is -1.66. The Morgan fingerprint density at radius 2 is 2.25 bits per heavy atom. The van der Waals surface area contributed by atoms with Gasteiger partial charge in [0.2, 0.25) is 0 Å². The van der Waals surface area contributed by atoms with Crippen molar-refractivity contribution in [1.29, 1.82) is 0 Å². The van der Waals surface area contributed by atoms with E-state index in [1.54, 1.807) is 6.07 Å². The molecule has 1 heterocycles. The quantitative estimate of drug-likeness (QED) is 0.661. The molecule has 0 bridgehead atoms. The highest BCUT2D eigenvalue weighted by atomic mass is 16.6. The van der Waals surface area contributed by atoms with Gasteiger partial charge in [-0.2, -0.15) is 0 Å². The van der Waals surface area contributed by atoms with Crippen molar-refractivity contribution in [2.45, 2.75) is 32.0 Å². The number of hydrogen-bond donors (Lipinski definition) is 1. The Labute approximate surface area is 118 Å². The summed E-state index contributed by atoms with van der Waals surface area (Å²) in [6, 6.07) is 4.71. The monoisotopic (exact) mass is 280 g/mol. The summed E-state index contributed by atoms with van der Waals surface area (Å²) in [7, 11) is 1.50. The molecule has 110 valence electrons. The molecule has 2 rings (SSSR count). The third-order valence-electron chi connectivity index (χ3n) is 3.54. The highest BCUT2D eigenvalue weighted by Crippen LogP contribution is 2.26. The maximum absolute atomic E-state index is 10.9. The molecule has 1 aliphatic heterocycles. The number of piperidine rings is 1. The van der Waals surface area contributed by atoms with Crippen molar-refractivity contribution >= 4 is 5.69 Å². The molecule has 1 saturated heterocycles. The molecule has 0 aliphatic carbocycles. The molecule has 1 atom stereocenters. The van der Waals surface area contributed by atoms with Crippen molar-refractivity contribution in [2.75, 3.05) is 20.2 Å². The molecular weight excluding hydrogens is 260 g/mol. The molecule has 0 radical (unpaired) electrons. The number of nitrogens with zero attached hydrogens (tertiary/aromatic N) is 1. The van der Waals surface area contributed by atoms with Gasteiger partial charge in [0.25, 0.3) is 5.69 Å². The number of nitro benzene ring substituents is 1. The molecular formula is C14H20N2O4. The van der Waals surface area contributed by atoms with Crippen LogP contribution in [0.4, 0.5) is 5.69 Å². The minimum Gasteiger partial charge on any atom is -0.496 e. The number of non-ortho nitro benzene ring substituents is 1. The fourth-order valence-electron chi connectivity index (χ4n) is 2.36. The van der Waals surface area contributed by atoms with Gasteiger partial charge in [0.05, 0.1) is 30.3 Å². The van der Waals surface area contributed by atoms with Gasteiger partial charge in [0.1, 0.15) is 5.75 Å². The smallest absolute Gasteiger partial charge is 0.273 e. The van der Waals surface area contributed by atoms with Crippen molar-refractivity contribution in [1.82, 2.24) is 5.32 Å². The van der Waals surface area contributed by atoms with Crippen molar-refractivity contribution in [3.8, 4) is 5.75 Å². The molecule has 6 nitrogen and oxygen atoms in total. The van der Waals surface area contributed by atoms with Crippen LogP contribution >= 0.6 is 0 Å². The molecule has 1 aromatic carbocycles. The first-order valence-corrected chi connectivity index (χ1v) is 6.69. The van der Waals surface area contributed by atoms with Crippen molar-refractivity contribution < 1.29 is 14.4 Å². The van der Waals surface area contributed by atoms with E-state index in [-0.39, 0.29) is 11.3 Å². The number of ether oxygens (including phenoxy) is 2.